The van der Waals surface area contributed by atoms with Crippen molar-refractivity contribution in [2.75, 3.05) is 5.32 Å². The number of rotatable bonds is 6. The molecule has 0 radical (unpaired) electrons. The molecule has 0 aliphatic carbocycles. The van der Waals surface area contributed by atoms with Crippen LogP contribution in [0.25, 0.3) is 0 Å². The van der Waals surface area contributed by atoms with Gasteiger partial charge in [-0.15, -0.1) is 0 Å². The first-order chi connectivity index (χ1) is 14.7. The summed E-state index contributed by atoms with van der Waals surface area (Å²) in [5.41, 5.74) is 2.41. The molecular formula is C23H21Cl2FN4O. The number of fused-ring (bicyclic) bond motifs is 1. The van der Waals surface area contributed by atoms with Gasteiger partial charge in [0.2, 0.25) is 5.28 Å². The smallest absolute Gasteiger partial charge is 0.273 e. The second-order valence-electron chi connectivity index (χ2n) is 8.23. The third-order valence-electron chi connectivity index (χ3n) is 5.15. The zero-order chi connectivity index (χ0) is 22.2. The predicted octanol–water partition coefficient (Wildman–Crippen LogP) is 5.51. The Morgan fingerprint density at radius 2 is 1.81 bits per heavy atom. The lowest BCUT2D eigenvalue weighted by Gasteiger charge is -2.28. The summed E-state index contributed by atoms with van der Waals surface area (Å²) in [6.45, 7) is 4.74. The Morgan fingerprint density at radius 1 is 1.10 bits per heavy atom. The number of amides is 1. The van der Waals surface area contributed by atoms with E-state index in [9.17, 15) is 9.18 Å². The van der Waals surface area contributed by atoms with Crippen molar-refractivity contribution in [1.29, 1.82) is 0 Å². The lowest BCUT2D eigenvalue weighted by molar-refractivity contribution is 0.0762. The Labute approximate surface area is 190 Å². The average Bonchev–Trinajstić information content (AvgIpc) is 3.01. The number of benzene rings is 2. The van der Waals surface area contributed by atoms with Gasteiger partial charge in [0.05, 0.1) is 6.54 Å². The van der Waals surface area contributed by atoms with E-state index in [0.29, 0.717) is 41.6 Å². The highest BCUT2D eigenvalue weighted by atomic mass is 35.5. The molecule has 1 aliphatic heterocycles. The molecule has 5 nitrogen and oxygen atoms in total. The van der Waals surface area contributed by atoms with Gasteiger partial charge in [0.1, 0.15) is 17.3 Å². The number of aromatic nitrogens is 2. The molecule has 0 bridgehead atoms. The van der Waals surface area contributed by atoms with Crippen LogP contribution in [0.3, 0.4) is 0 Å². The van der Waals surface area contributed by atoms with Gasteiger partial charge in [-0.1, -0.05) is 41.9 Å². The topological polar surface area (TPSA) is 58.1 Å². The molecule has 1 N–H and O–H groups in total. The van der Waals surface area contributed by atoms with Crippen LogP contribution in [0.4, 0.5) is 10.2 Å². The first-order valence-corrected chi connectivity index (χ1v) is 10.6. The average molecular weight is 459 g/mol. The van der Waals surface area contributed by atoms with Crippen LogP contribution in [0.1, 0.15) is 41.0 Å². The van der Waals surface area contributed by atoms with Gasteiger partial charge in [-0.05, 0) is 61.2 Å². The Kier molecular flexibility index (Phi) is 5.86. The van der Waals surface area contributed by atoms with Crippen molar-refractivity contribution in [3.8, 4) is 0 Å². The van der Waals surface area contributed by atoms with E-state index in [2.05, 4.69) is 15.3 Å². The molecule has 0 fully saturated rings. The van der Waals surface area contributed by atoms with Gasteiger partial charge in [0, 0.05) is 22.7 Å². The number of hydrogen-bond acceptors (Lipinski definition) is 4. The molecule has 2 aromatic carbocycles. The van der Waals surface area contributed by atoms with E-state index in [1.54, 1.807) is 23.1 Å². The number of halogens is 3. The molecule has 1 amide bonds. The Hall–Kier alpha value is -2.70. The molecule has 0 spiro atoms. The minimum Gasteiger partial charge on any atom is -0.364 e. The minimum atomic E-state index is -0.428. The summed E-state index contributed by atoms with van der Waals surface area (Å²) >= 11 is 12.4. The van der Waals surface area contributed by atoms with E-state index in [0.717, 1.165) is 11.1 Å². The number of anilines is 1. The van der Waals surface area contributed by atoms with Gasteiger partial charge in [0.25, 0.3) is 5.91 Å². The molecular weight excluding hydrogens is 438 g/mol. The first-order valence-electron chi connectivity index (χ1n) is 9.83. The van der Waals surface area contributed by atoms with Crippen molar-refractivity contribution < 1.29 is 9.18 Å². The van der Waals surface area contributed by atoms with Crippen LogP contribution in [-0.2, 0) is 19.5 Å². The second kappa shape index (κ2) is 8.44. The largest absolute Gasteiger partial charge is 0.364 e. The van der Waals surface area contributed by atoms with Crippen molar-refractivity contribution in [3.05, 3.63) is 87.0 Å². The maximum absolute atomic E-state index is 13.2. The normalized spacial score (nSPS) is 13.5. The van der Waals surface area contributed by atoms with Crippen molar-refractivity contribution in [3.63, 3.8) is 0 Å². The van der Waals surface area contributed by atoms with Crippen LogP contribution in [-0.4, -0.2) is 26.3 Å². The first kappa shape index (κ1) is 21.5. The maximum Gasteiger partial charge on any atom is 0.273 e. The maximum atomic E-state index is 13.2. The zero-order valence-electron chi connectivity index (χ0n) is 17.1. The predicted molar refractivity (Wildman–Crippen MR) is 120 cm³/mol. The number of nitrogens with zero attached hydrogens (tertiary/aromatic N) is 3. The number of carbonyl (C=O) groups is 1. The molecule has 160 valence electrons. The number of nitrogens with one attached hydrogen (secondary N) is 1. The third-order valence-corrected chi connectivity index (χ3v) is 5.69. The summed E-state index contributed by atoms with van der Waals surface area (Å²) in [6.07, 6.45) is 0.626. The van der Waals surface area contributed by atoms with Gasteiger partial charge in [-0.2, -0.15) is 0 Å². The highest BCUT2D eigenvalue weighted by Crippen LogP contribution is 2.32. The van der Waals surface area contributed by atoms with Crippen molar-refractivity contribution in [2.45, 2.75) is 38.9 Å². The molecule has 2 heterocycles. The minimum absolute atomic E-state index is 0.00627. The van der Waals surface area contributed by atoms with Crippen molar-refractivity contribution in [1.82, 2.24) is 14.9 Å². The summed E-state index contributed by atoms with van der Waals surface area (Å²) in [7, 11) is 0. The fourth-order valence-corrected chi connectivity index (χ4v) is 4.10. The molecule has 4 rings (SSSR count). The molecule has 8 heteroatoms. The third kappa shape index (κ3) is 4.81. The quantitative estimate of drug-likeness (QED) is 0.494. The number of carbonyl (C=O) groups excluding carboxylic acids is 1. The fraction of sp³-hybridized carbons (Fsp3) is 0.261. The molecule has 1 aliphatic rings. The molecule has 1 aromatic heterocycles. The van der Waals surface area contributed by atoms with Crippen LogP contribution in [0.2, 0.25) is 10.3 Å². The van der Waals surface area contributed by atoms with E-state index < -0.39 is 5.54 Å². The van der Waals surface area contributed by atoms with Crippen LogP contribution < -0.4 is 5.32 Å². The molecule has 3 aromatic rings. The summed E-state index contributed by atoms with van der Waals surface area (Å²) in [4.78, 5) is 23.2. The van der Waals surface area contributed by atoms with E-state index in [4.69, 9.17) is 23.2 Å². The number of hydrogen-bond donors (Lipinski definition) is 1. The van der Waals surface area contributed by atoms with E-state index in [1.807, 2.05) is 32.0 Å². The SMILES string of the molecule is CC(C)(Cc1ccc(F)cc1)Nc1nc(Cl)nc2c1CN(Cc1ccccc1Cl)C2=O. The van der Waals surface area contributed by atoms with Crippen LogP contribution in [0.5, 0.6) is 0 Å². The molecule has 0 unspecified atom stereocenters. The van der Waals surface area contributed by atoms with E-state index in [1.165, 1.54) is 12.1 Å². The zero-order valence-corrected chi connectivity index (χ0v) is 18.6. The molecule has 0 saturated carbocycles. The molecule has 0 atom stereocenters. The molecule has 0 saturated heterocycles. The fourth-order valence-electron chi connectivity index (χ4n) is 3.74. The highest BCUT2D eigenvalue weighted by molar-refractivity contribution is 6.31. The van der Waals surface area contributed by atoms with Gasteiger partial charge >= 0.3 is 0 Å². The highest BCUT2D eigenvalue weighted by Gasteiger charge is 2.34. The summed E-state index contributed by atoms with van der Waals surface area (Å²) in [6, 6.07) is 13.8. The lowest BCUT2D eigenvalue weighted by Crippen LogP contribution is -2.34. The van der Waals surface area contributed by atoms with E-state index >= 15 is 0 Å². The van der Waals surface area contributed by atoms with Gasteiger partial charge in [-0.3, -0.25) is 4.79 Å². The monoisotopic (exact) mass is 458 g/mol. The Bertz CT molecular complexity index is 1130. The van der Waals surface area contributed by atoms with Gasteiger partial charge in [-0.25, -0.2) is 14.4 Å². The van der Waals surface area contributed by atoms with Crippen molar-refractivity contribution in [2.24, 2.45) is 0 Å². The lowest BCUT2D eigenvalue weighted by atomic mass is 9.94. The summed E-state index contributed by atoms with van der Waals surface area (Å²) in [5.74, 6) is 0.0442. The van der Waals surface area contributed by atoms with Gasteiger partial charge < -0.3 is 10.2 Å². The van der Waals surface area contributed by atoms with Crippen molar-refractivity contribution >= 4 is 34.9 Å². The second-order valence-corrected chi connectivity index (χ2v) is 8.98. The van der Waals surface area contributed by atoms with E-state index in [-0.39, 0.29) is 17.0 Å². The molecule has 31 heavy (non-hydrogen) atoms. The van der Waals surface area contributed by atoms with Crippen LogP contribution in [0.15, 0.2) is 48.5 Å². The summed E-state index contributed by atoms with van der Waals surface area (Å²) in [5, 5.41) is 4.02. The summed E-state index contributed by atoms with van der Waals surface area (Å²) < 4.78 is 13.2. The Balaban J connectivity index is 1.57. The van der Waals surface area contributed by atoms with Gasteiger partial charge in [0.15, 0.2) is 0 Å². The van der Waals surface area contributed by atoms with Crippen LogP contribution in [0, 0.1) is 5.82 Å². The Morgan fingerprint density at radius 3 is 2.52 bits per heavy atom. The van der Waals surface area contributed by atoms with Crippen LogP contribution >= 0.6 is 23.2 Å². The standard InChI is InChI=1S/C23H21Cl2FN4O/c1-23(2,11-14-7-9-16(26)10-8-14)29-20-17-13-30(12-15-5-3-4-6-18(15)24)21(31)19(17)27-22(25)28-20/h3-10H,11-13H2,1-2H3,(H,27,28,29).